The van der Waals surface area contributed by atoms with Crippen LogP contribution in [0.4, 0.5) is 0 Å². The van der Waals surface area contributed by atoms with Gasteiger partial charge in [-0.15, -0.1) is 0 Å². The van der Waals surface area contributed by atoms with Crippen molar-refractivity contribution in [3.63, 3.8) is 0 Å². The topological polar surface area (TPSA) is 64.1 Å². The summed E-state index contributed by atoms with van der Waals surface area (Å²) in [7, 11) is 0. The molecule has 1 rings (SSSR count). The van der Waals surface area contributed by atoms with E-state index in [1.807, 2.05) is 13.8 Å². The first-order valence-corrected chi connectivity index (χ1v) is 6.51. The van der Waals surface area contributed by atoms with E-state index in [9.17, 15) is 9.59 Å². The van der Waals surface area contributed by atoms with Gasteiger partial charge in [-0.3, -0.25) is 14.3 Å². The van der Waals surface area contributed by atoms with Gasteiger partial charge >= 0.3 is 5.69 Å². The summed E-state index contributed by atoms with van der Waals surface area (Å²) >= 11 is 5.89. The van der Waals surface area contributed by atoms with E-state index in [1.54, 1.807) is 6.92 Å². The van der Waals surface area contributed by atoms with Gasteiger partial charge in [-0.1, -0.05) is 24.9 Å². The third-order valence-electron chi connectivity index (χ3n) is 2.68. The summed E-state index contributed by atoms with van der Waals surface area (Å²) in [5.41, 5.74) is -0.350. The van der Waals surface area contributed by atoms with E-state index in [4.69, 9.17) is 16.3 Å². The highest BCUT2D eigenvalue weighted by Crippen LogP contribution is 2.09. The molecule has 5 nitrogen and oxygen atoms in total. The first-order chi connectivity index (χ1) is 8.52. The number of aromatic nitrogens is 2. The van der Waals surface area contributed by atoms with Crippen molar-refractivity contribution in [1.82, 2.24) is 9.55 Å². The number of rotatable bonds is 6. The molecule has 102 valence electrons. The highest BCUT2D eigenvalue weighted by Gasteiger charge is 2.16. The Morgan fingerprint density at radius 3 is 2.61 bits per heavy atom. The second kappa shape index (κ2) is 6.75. The van der Waals surface area contributed by atoms with Crippen molar-refractivity contribution in [2.24, 2.45) is 0 Å². The standard InChI is InChI=1S/C12H19ClN2O3/c1-4-6-9-10(13)14-12(17)15(11(9)16)8(3)7-18-5-2/h8H,4-7H2,1-3H3,(H,14,17). The van der Waals surface area contributed by atoms with Gasteiger partial charge in [0.2, 0.25) is 0 Å². The predicted molar refractivity (Wildman–Crippen MR) is 71.5 cm³/mol. The van der Waals surface area contributed by atoms with E-state index in [2.05, 4.69) is 4.98 Å². The number of halogens is 1. The van der Waals surface area contributed by atoms with Gasteiger partial charge in [0, 0.05) is 6.61 Å². The molecule has 18 heavy (non-hydrogen) atoms. The summed E-state index contributed by atoms with van der Waals surface area (Å²) in [5.74, 6) is 0. The Hall–Kier alpha value is -1.07. The van der Waals surface area contributed by atoms with Crippen LogP contribution in [0.2, 0.25) is 5.15 Å². The molecule has 1 aromatic rings. The molecule has 0 spiro atoms. The highest BCUT2D eigenvalue weighted by atomic mass is 35.5. The van der Waals surface area contributed by atoms with Gasteiger partial charge in [-0.25, -0.2) is 4.79 Å². The van der Waals surface area contributed by atoms with E-state index in [0.717, 1.165) is 6.42 Å². The van der Waals surface area contributed by atoms with Gasteiger partial charge < -0.3 is 4.74 Å². The van der Waals surface area contributed by atoms with Gasteiger partial charge in [-0.2, -0.15) is 0 Å². The summed E-state index contributed by atoms with van der Waals surface area (Å²) in [6.07, 6.45) is 1.34. The molecule has 0 amide bonds. The molecule has 1 N–H and O–H groups in total. The van der Waals surface area contributed by atoms with E-state index < -0.39 is 5.69 Å². The Labute approximate surface area is 111 Å². The average Bonchev–Trinajstić information content (AvgIpc) is 2.31. The van der Waals surface area contributed by atoms with Crippen LogP contribution in [0.25, 0.3) is 0 Å². The number of hydrogen-bond acceptors (Lipinski definition) is 3. The quantitative estimate of drug-likeness (QED) is 0.804. The van der Waals surface area contributed by atoms with Crippen molar-refractivity contribution < 1.29 is 4.74 Å². The lowest BCUT2D eigenvalue weighted by Crippen LogP contribution is -2.40. The Balaban J connectivity index is 3.23. The molecule has 0 aliphatic heterocycles. The normalized spacial score (nSPS) is 12.7. The van der Waals surface area contributed by atoms with Crippen molar-refractivity contribution in [3.8, 4) is 0 Å². The average molecular weight is 275 g/mol. The molecule has 1 aromatic heterocycles. The predicted octanol–water partition coefficient (Wildman–Crippen LogP) is 1.74. The van der Waals surface area contributed by atoms with E-state index in [-0.39, 0.29) is 16.8 Å². The lowest BCUT2D eigenvalue weighted by Gasteiger charge is -2.15. The monoisotopic (exact) mass is 274 g/mol. The number of nitrogens with one attached hydrogen (secondary N) is 1. The second-order valence-electron chi connectivity index (χ2n) is 4.16. The summed E-state index contributed by atoms with van der Waals surface area (Å²) in [4.78, 5) is 26.5. The molecular weight excluding hydrogens is 256 g/mol. The van der Waals surface area contributed by atoms with Crippen LogP contribution < -0.4 is 11.2 Å². The molecule has 0 aliphatic rings. The fourth-order valence-corrected chi connectivity index (χ4v) is 2.05. The Morgan fingerprint density at radius 2 is 2.06 bits per heavy atom. The number of nitrogens with zero attached hydrogens (tertiary/aromatic N) is 1. The van der Waals surface area contributed by atoms with Crippen LogP contribution in [-0.2, 0) is 11.2 Å². The zero-order valence-corrected chi connectivity index (χ0v) is 11.7. The fraction of sp³-hybridized carbons (Fsp3) is 0.667. The molecule has 0 aromatic carbocycles. The molecule has 1 unspecified atom stereocenters. The molecule has 0 fully saturated rings. The van der Waals surface area contributed by atoms with Gasteiger partial charge in [-0.05, 0) is 20.3 Å². The van der Waals surface area contributed by atoms with E-state index in [0.29, 0.717) is 25.2 Å². The maximum Gasteiger partial charge on any atom is 0.329 e. The number of aromatic amines is 1. The maximum atomic E-state index is 12.2. The minimum absolute atomic E-state index is 0.145. The smallest absolute Gasteiger partial charge is 0.329 e. The Morgan fingerprint density at radius 1 is 1.39 bits per heavy atom. The summed E-state index contributed by atoms with van der Waals surface area (Å²) in [6, 6.07) is -0.311. The SMILES string of the molecule is CCCc1c(Cl)[nH]c(=O)n(C(C)COCC)c1=O. The van der Waals surface area contributed by atoms with Crippen molar-refractivity contribution >= 4 is 11.6 Å². The van der Waals surface area contributed by atoms with Gasteiger partial charge in [0.15, 0.2) is 0 Å². The lowest BCUT2D eigenvalue weighted by molar-refractivity contribution is 0.116. The van der Waals surface area contributed by atoms with Gasteiger partial charge in [0.25, 0.3) is 5.56 Å². The molecule has 0 saturated carbocycles. The third-order valence-corrected chi connectivity index (χ3v) is 3.00. The van der Waals surface area contributed by atoms with Gasteiger partial charge in [0.1, 0.15) is 5.15 Å². The third kappa shape index (κ3) is 3.23. The number of ether oxygens (including phenoxy) is 1. The molecule has 1 atom stereocenters. The van der Waals surface area contributed by atoms with Crippen LogP contribution >= 0.6 is 11.6 Å². The Kier molecular flexibility index (Phi) is 5.62. The number of H-pyrrole nitrogens is 1. The molecule has 1 heterocycles. The highest BCUT2D eigenvalue weighted by molar-refractivity contribution is 6.30. The van der Waals surface area contributed by atoms with Crippen molar-refractivity contribution in [2.75, 3.05) is 13.2 Å². The van der Waals surface area contributed by atoms with Crippen LogP contribution in [0.1, 0.15) is 38.8 Å². The minimum Gasteiger partial charge on any atom is -0.380 e. The minimum atomic E-state index is -0.489. The lowest BCUT2D eigenvalue weighted by atomic mass is 10.2. The van der Waals surface area contributed by atoms with Crippen molar-refractivity contribution in [1.29, 1.82) is 0 Å². The summed E-state index contributed by atoms with van der Waals surface area (Å²) in [5, 5.41) is 0.145. The molecule has 0 saturated heterocycles. The first-order valence-electron chi connectivity index (χ1n) is 6.13. The van der Waals surface area contributed by atoms with E-state index >= 15 is 0 Å². The van der Waals surface area contributed by atoms with Crippen LogP contribution in [0.5, 0.6) is 0 Å². The van der Waals surface area contributed by atoms with Crippen molar-refractivity contribution in [3.05, 3.63) is 31.6 Å². The molecule has 6 heteroatoms. The zero-order valence-electron chi connectivity index (χ0n) is 11.0. The number of hydrogen-bond donors (Lipinski definition) is 1. The largest absolute Gasteiger partial charge is 0.380 e. The van der Waals surface area contributed by atoms with Gasteiger partial charge in [0.05, 0.1) is 18.2 Å². The molecular formula is C12H19ClN2O3. The van der Waals surface area contributed by atoms with Crippen LogP contribution in [0, 0.1) is 0 Å². The van der Waals surface area contributed by atoms with Crippen LogP contribution in [0.3, 0.4) is 0 Å². The first kappa shape index (κ1) is 15.0. The van der Waals surface area contributed by atoms with Crippen LogP contribution in [-0.4, -0.2) is 22.8 Å². The maximum absolute atomic E-state index is 12.2. The summed E-state index contributed by atoms with van der Waals surface area (Å²) in [6.45, 7) is 6.47. The van der Waals surface area contributed by atoms with Crippen LogP contribution in [0.15, 0.2) is 9.59 Å². The van der Waals surface area contributed by atoms with E-state index in [1.165, 1.54) is 4.57 Å². The molecule has 0 aliphatic carbocycles. The molecule has 0 radical (unpaired) electrons. The molecule has 0 bridgehead atoms. The summed E-state index contributed by atoms with van der Waals surface area (Å²) < 4.78 is 6.42. The second-order valence-corrected chi connectivity index (χ2v) is 4.53. The fourth-order valence-electron chi connectivity index (χ4n) is 1.79. The van der Waals surface area contributed by atoms with Crippen molar-refractivity contribution in [2.45, 2.75) is 39.7 Å². The Bertz CT molecular complexity index is 507. The zero-order chi connectivity index (χ0) is 13.7.